The number of H-pyrrole nitrogens is 1. The number of aryl methyl sites for hydroxylation is 1. The maximum atomic E-state index is 13.2. The summed E-state index contributed by atoms with van der Waals surface area (Å²) < 4.78 is 1.89. The second-order valence-corrected chi connectivity index (χ2v) is 7.15. The van der Waals surface area contributed by atoms with Gasteiger partial charge in [0.2, 0.25) is 5.56 Å². The summed E-state index contributed by atoms with van der Waals surface area (Å²) in [4.78, 5) is 29.6. The molecule has 2 aromatic carbocycles. The van der Waals surface area contributed by atoms with Crippen molar-refractivity contribution in [1.82, 2.24) is 19.7 Å². The van der Waals surface area contributed by atoms with Crippen LogP contribution in [0.2, 0.25) is 0 Å². The third-order valence-corrected chi connectivity index (χ3v) is 5.16. The van der Waals surface area contributed by atoms with Crippen molar-refractivity contribution in [2.45, 2.75) is 20.4 Å². The van der Waals surface area contributed by atoms with E-state index in [0.29, 0.717) is 17.6 Å². The molecule has 2 aromatic heterocycles. The Bertz CT molecular complexity index is 1260. The van der Waals surface area contributed by atoms with Crippen LogP contribution in [0.25, 0.3) is 16.6 Å². The molecule has 146 valence electrons. The summed E-state index contributed by atoms with van der Waals surface area (Å²) in [7, 11) is 1.75. The Kier molecular flexibility index (Phi) is 4.76. The first kappa shape index (κ1) is 18.7. The number of rotatable bonds is 4. The summed E-state index contributed by atoms with van der Waals surface area (Å²) >= 11 is 0. The normalized spacial score (nSPS) is 11.0. The Labute approximate surface area is 168 Å². The minimum Gasteiger partial charge on any atom is -0.337 e. The van der Waals surface area contributed by atoms with Gasteiger partial charge in [-0.15, -0.1) is 0 Å². The van der Waals surface area contributed by atoms with E-state index >= 15 is 0 Å². The molecule has 2 heterocycles. The first-order valence-electron chi connectivity index (χ1n) is 9.44. The maximum absolute atomic E-state index is 13.2. The molecular formula is C23H22N4O2. The fourth-order valence-electron chi connectivity index (χ4n) is 3.62. The highest BCUT2D eigenvalue weighted by molar-refractivity contribution is 6.05. The van der Waals surface area contributed by atoms with Gasteiger partial charge < -0.3 is 9.88 Å². The number of nitrogens with one attached hydrogen (secondary N) is 1. The second kappa shape index (κ2) is 7.39. The van der Waals surface area contributed by atoms with E-state index in [1.165, 1.54) is 6.07 Å². The Morgan fingerprint density at radius 1 is 1.07 bits per heavy atom. The molecule has 0 spiro atoms. The average Bonchev–Trinajstić information content (AvgIpc) is 3.01. The third-order valence-electron chi connectivity index (χ3n) is 5.16. The zero-order valence-electron chi connectivity index (χ0n) is 16.6. The molecule has 0 aliphatic heterocycles. The Balaban J connectivity index is 1.67. The van der Waals surface area contributed by atoms with E-state index < -0.39 is 0 Å². The van der Waals surface area contributed by atoms with E-state index in [1.807, 2.05) is 67.1 Å². The number of hydrogen-bond acceptors (Lipinski definition) is 3. The zero-order chi connectivity index (χ0) is 20.5. The number of para-hydroxylation sites is 2. The van der Waals surface area contributed by atoms with Gasteiger partial charge in [-0.1, -0.05) is 36.4 Å². The van der Waals surface area contributed by atoms with Crippen LogP contribution in [-0.4, -0.2) is 32.6 Å². The number of carbonyl (C=O) groups excluding carboxylic acids is 1. The predicted octanol–water partition coefficient (Wildman–Crippen LogP) is 3.60. The first-order valence-corrected chi connectivity index (χ1v) is 9.44. The monoisotopic (exact) mass is 386 g/mol. The van der Waals surface area contributed by atoms with Gasteiger partial charge in [0.1, 0.15) is 0 Å². The quantitative estimate of drug-likeness (QED) is 0.582. The van der Waals surface area contributed by atoms with E-state index in [9.17, 15) is 9.59 Å². The lowest BCUT2D eigenvalue weighted by Crippen LogP contribution is -2.28. The van der Waals surface area contributed by atoms with Gasteiger partial charge in [-0.05, 0) is 32.0 Å². The van der Waals surface area contributed by atoms with Gasteiger partial charge in [0.15, 0.2) is 0 Å². The number of aromatic nitrogens is 3. The number of nitrogens with zero attached hydrogens (tertiary/aromatic N) is 3. The van der Waals surface area contributed by atoms with Crippen LogP contribution in [0.3, 0.4) is 0 Å². The second-order valence-electron chi connectivity index (χ2n) is 7.15. The van der Waals surface area contributed by atoms with Crippen LogP contribution >= 0.6 is 0 Å². The molecule has 0 saturated heterocycles. The summed E-state index contributed by atoms with van der Waals surface area (Å²) in [5, 5.41) is 5.39. The molecule has 0 radical (unpaired) electrons. The van der Waals surface area contributed by atoms with Crippen LogP contribution in [0.5, 0.6) is 0 Å². The molecule has 0 aliphatic rings. The lowest BCUT2D eigenvalue weighted by atomic mass is 10.1. The van der Waals surface area contributed by atoms with Crippen molar-refractivity contribution >= 4 is 16.8 Å². The van der Waals surface area contributed by atoms with Crippen molar-refractivity contribution in [2.75, 3.05) is 7.05 Å². The van der Waals surface area contributed by atoms with Gasteiger partial charge in [-0.25, -0.2) is 4.68 Å². The number of hydrogen-bond donors (Lipinski definition) is 1. The van der Waals surface area contributed by atoms with Gasteiger partial charge in [-0.2, -0.15) is 5.10 Å². The highest BCUT2D eigenvalue weighted by Crippen LogP contribution is 2.21. The summed E-state index contributed by atoms with van der Waals surface area (Å²) in [5.74, 6) is -0.196. The van der Waals surface area contributed by atoms with Crippen LogP contribution < -0.4 is 5.56 Å². The molecule has 1 N–H and O–H groups in total. The third kappa shape index (κ3) is 3.45. The largest absolute Gasteiger partial charge is 0.337 e. The van der Waals surface area contributed by atoms with Crippen molar-refractivity contribution in [1.29, 1.82) is 0 Å². The van der Waals surface area contributed by atoms with Crippen molar-refractivity contribution in [3.05, 3.63) is 93.5 Å². The molecule has 6 nitrogen and oxygen atoms in total. The molecule has 1 amide bonds. The molecule has 0 bridgehead atoms. The highest BCUT2D eigenvalue weighted by atomic mass is 16.2. The lowest BCUT2D eigenvalue weighted by Gasteiger charge is -2.18. The van der Waals surface area contributed by atoms with E-state index in [1.54, 1.807) is 18.0 Å². The average molecular weight is 386 g/mol. The first-order chi connectivity index (χ1) is 14.0. The highest BCUT2D eigenvalue weighted by Gasteiger charge is 2.20. The molecule has 0 fully saturated rings. The molecule has 6 heteroatoms. The lowest BCUT2D eigenvalue weighted by molar-refractivity contribution is 0.0786. The molecule has 0 unspecified atom stereocenters. The Hall–Kier alpha value is -3.67. The zero-order valence-corrected chi connectivity index (χ0v) is 16.6. The fraction of sp³-hybridized carbons (Fsp3) is 0.174. The van der Waals surface area contributed by atoms with E-state index in [2.05, 4.69) is 10.1 Å². The summed E-state index contributed by atoms with van der Waals surface area (Å²) in [5.41, 5.74) is 4.61. The molecule has 0 saturated carbocycles. The number of carbonyl (C=O) groups is 1. The van der Waals surface area contributed by atoms with Crippen LogP contribution in [0.15, 0.2) is 65.5 Å². The van der Waals surface area contributed by atoms with Gasteiger partial charge in [-0.3, -0.25) is 9.59 Å². The number of fused-ring (bicyclic) bond motifs is 1. The van der Waals surface area contributed by atoms with Crippen LogP contribution in [-0.2, 0) is 6.54 Å². The summed E-state index contributed by atoms with van der Waals surface area (Å²) in [6.07, 6.45) is 0. The molecule has 4 rings (SSSR count). The molecule has 0 atom stereocenters. The standard InChI is InChI=1S/C23H22N4O2/c1-15-20(16(2)27(25-15)17-9-5-4-6-10-17)14-26(3)23(29)19-13-22(28)24-21-12-8-7-11-18(19)21/h4-13H,14H2,1-3H3,(H,24,28). The molecule has 0 aliphatic carbocycles. The number of benzene rings is 2. The number of aromatic amines is 1. The van der Waals surface area contributed by atoms with E-state index in [0.717, 1.165) is 28.0 Å². The maximum Gasteiger partial charge on any atom is 0.254 e. The fourth-order valence-corrected chi connectivity index (χ4v) is 3.62. The van der Waals surface area contributed by atoms with Crippen molar-refractivity contribution < 1.29 is 4.79 Å². The van der Waals surface area contributed by atoms with Gasteiger partial charge in [0.05, 0.1) is 16.9 Å². The Morgan fingerprint density at radius 3 is 2.52 bits per heavy atom. The van der Waals surface area contributed by atoms with Crippen molar-refractivity contribution in [3.63, 3.8) is 0 Å². The van der Waals surface area contributed by atoms with Crippen LogP contribution in [0, 0.1) is 13.8 Å². The van der Waals surface area contributed by atoms with Gasteiger partial charge in [0, 0.05) is 41.8 Å². The van der Waals surface area contributed by atoms with Crippen LogP contribution in [0.1, 0.15) is 27.3 Å². The van der Waals surface area contributed by atoms with Gasteiger partial charge in [0.25, 0.3) is 5.91 Å². The smallest absolute Gasteiger partial charge is 0.254 e. The molecule has 29 heavy (non-hydrogen) atoms. The predicted molar refractivity (Wildman–Crippen MR) is 113 cm³/mol. The SMILES string of the molecule is Cc1nn(-c2ccccc2)c(C)c1CN(C)C(=O)c1cc(=O)[nH]c2ccccc12. The molecule has 4 aromatic rings. The number of pyridine rings is 1. The number of amides is 1. The van der Waals surface area contributed by atoms with Crippen LogP contribution in [0.4, 0.5) is 0 Å². The summed E-state index contributed by atoms with van der Waals surface area (Å²) in [6.45, 7) is 4.36. The van der Waals surface area contributed by atoms with E-state index in [4.69, 9.17) is 0 Å². The minimum absolute atomic E-state index is 0.196. The Morgan fingerprint density at radius 2 is 1.76 bits per heavy atom. The van der Waals surface area contributed by atoms with E-state index in [-0.39, 0.29) is 11.5 Å². The van der Waals surface area contributed by atoms with Crippen molar-refractivity contribution in [2.24, 2.45) is 0 Å². The van der Waals surface area contributed by atoms with Crippen molar-refractivity contribution in [3.8, 4) is 5.69 Å². The molecular weight excluding hydrogens is 364 g/mol. The van der Waals surface area contributed by atoms with Gasteiger partial charge >= 0.3 is 0 Å². The minimum atomic E-state index is -0.287. The summed E-state index contributed by atoms with van der Waals surface area (Å²) in [6, 6.07) is 18.6. The topological polar surface area (TPSA) is 71.0 Å².